The van der Waals surface area contributed by atoms with Gasteiger partial charge in [0, 0.05) is 5.57 Å². The fourth-order valence-corrected chi connectivity index (χ4v) is 6.90. The number of aliphatic hydroxyl groups is 2. The molecule has 3 aliphatic rings. The van der Waals surface area contributed by atoms with Gasteiger partial charge in [-0.15, -0.1) is 0 Å². The van der Waals surface area contributed by atoms with Gasteiger partial charge in [0.05, 0.1) is 36.6 Å². The zero-order chi connectivity index (χ0) is 29.3. The van der Waals surface area contributed by atoms with Crippen LogP contribution in [-0.2, 0) is 19.0 Å². The third-order valence-electron chi connectivity index (χ3n) is 9.48. The van der Waals surface area contributed by atoms with E-state index in [9.17, 15) is 15.0 Å². The second-order valence-corrected chi connectivity index (χ2v) is 13.1. The van der Waals surface area contributed by atoms with Crippen molar-refractivity contribution < 1.29 is 29.2 Å². The molecule has 0 aromatic heterocycles. The molecule has 41 heavy (non-hydrogen) atoms. The van der Waals surface area contributed by atoms with Crippen molar-refractivity contribution in [2.24, 2.45) is 0 Å². The molecule has 2 N–H and O–H groups in total. The predicted octanol–water partition coefficient (Wildman–Crippen LogP) is 8.11. The second kappa shape index (κ2) is 20.1. The molecule has 0 radical (unpaired) electrons. The van der Waals surface area contributed by atoms with Crippen LogP contribution in [0.1, 0.15) is 162 Å². The Morgan fingerprint density at radius 3 is 1.56 bits per heavy atom. The number of hydrogen-bond acceptors (Lipinski definition) is 6. The van der Waals surface area contributed by atoms with Crippen molar-refractivity contribution in [1.82, 2.24) is 0 Å². The standard InChI is InChI=1S/C35H62O6/c1-3-4-5-6-7-11-14-17-20-29(36)31-22-24-33(40-31)34-25-23-32(41-34)30(37)21-18-15-12-9-8-10-13-16-19-28-26-27(2)39-35(28)38/h26-27,29-34,36-37H,3-25H2,1-2H3/t27-,29-,30+,31+,32+,33+,34+/m0/s1. The van der Waals surface area contributed by atoms with E-state index in [1.165, 1.54) is 77.0 Å². The minimum Gasteiger partial charge on any atom is -0.455 e. The Kier molecular flexibility index (Phi) is 16.9. The average molecular weight is 579 g/mol. The summed E-state index contributed by atoms with van der Waals surface area (Å²) in [5, 5.41) is 21.4. The molecule has 3 heterocycles. The molecule has 0 amide bonds. The molecule has 238 valence electrons. The summed E-state index contributed by atoms with van der Waals surface area (Å²) in [6.07, 6.45) is 27.0. The predicted molar refractivity (Wildman–Crippen MR) is 165 cm³/mol. The maximum Gasteiger partial charge on any atom is 0.334 e. The minimum atomic E-state index is -0.385. The zero-order valence-corrected chi connectivity index (χ0v) is 26.4. The van der Waals surface area contributed by atoms with E-state index < -0.39 is 0 Å². The van der Waals surface area contributed by atoms with Gasteiger partial charge in [0.2, 0.25) is 0 Å². The lowest BCUT2D eigenvalue weighted by Gasteiger charge is -2.24. The highest BCUT2D eigenvalue weighted by Crippen LogP contribution is 2.34. The molecule has 2 fully saturated rings. The van der Waals surface area contributed by atoms with Gasteiger partial charge < -0.3 is 24.4 Å². The molecule has 0 aromatic rings. The molecule has 2 saturated heterocycles. The van der Waals surface area contributed by atoms with Gasteiger partial charge in [0.25, 0.3) is 0 Å². The van der Waals surface area contributed by atoms with Crippen molar-refractivity contribution in [3.05, 3.63) is 11.6 Å². The topological polar surface area (TPSA) is 85.2 Å². The molecule has 6 heteroatoms. The maximum absolute atomic E-state index is 11.6. The first-order chi connectivity index (χ1) is 20.0. The highest BCUT2D eigenvalue weighted by atomic mass is 16.6. The van der Waals surface area contributed by atoms with Crippen LogP contribution < -0.4 is 0 Å². The molecule has 0 aliphatic carbocycles. The molecule has 0 spiro atoms. The van der Waals surface area contributed by atoms with Gasteiger partial charge in [0.15, 0.2) is 0 Å². The van der Waals surface area contributed by atoms with Crippen LogP contribution in [0.25, 0.3) is 0 Å². The lowest BCUT2D eigenvalue weighted by Crippen LogP contribution is -2.33. The summed E-state index contributed by atoms with van der Waals surface area (Å²) in [6, 6.07) is 0. The van der Waals surface area contributed by atoms with Crippen molar-refractivity contribution in [3.8, 4) is 0 Å². The lowest BCUT2D eigenvalue weighted by atomic mass is 10.0. The fourth-order valence-electron chi connectivity index (χ4n) is 6.90. The van der Waals surface area contributed by atoms with Gasteiger partial charge in [0.1, 0.15) is 6.10 Å². The highest BCUT2D eigenvalue weighted by molar-refractivity contribution is 5.90. The van der Waals surface area contributed by atoms with Crippen LogP contribution in [0.3, 0.4) is 0 Å². The molecular formula is C35H62O6. The number of rotatable bonds is 23. The number of carbonyl (C=O) groups excluding carboxylic acids is 1. The number of unbranched alkanes of at least 4 members (excludes halogenated alkanes) is 14. The minimum absolute atomic E-state index is 0.0514. The summed E-state index contributed by atoms with van der Waals surface area (Å²) in [4.78, 5) is 11.6. The summed E-state index contributed by atoms with van der Waals surface area (Å²) in [7, 11) is 0. The maximum atomic E-state index is 11.6. The molecular weight excluding hydrogens is 516 g/mol. The smallest absolute Gasteiger partial charge is 0.334 e. The number of aliphatic hydroxyl groups excluding tert-OH is 2. The summed E-state index contributed by atoms with van der Waals surface area (Å²) < 4.78 is 17.7. The number of hydrogen-bond donors (Lipinski definition) is 2. The van der Waals surface area contributed by atoms with Crippen LogP contribution in [0, 0.1) is 0 Å². The molecule has 0 unspecified atom stereocenters. The van der Waals surface area contributed by atoms with E-state index in [0.717, 1.165) is 76.2 Å². The summed E-state index contributed by atoms with van der Waals surface area (Å²) in [6.45, 7) is 4.17. The largest absolute Gasteiger partial charge is 0.455 e. The van der Waals surface area contributed by atoms with Crippen LogP contribution in [0.5, 0.6) is 0 Å². The molecule has 0 bridgehead atoms. The molecule has 0 saturated carbocycles. The Bertz CT molecular complexity index is 738. The molecule has 6 nitrogen and oxygen atoms in total. The Balaban J connectivity index is 1.14. The van der Waals surface area contributed by atoms with Crippen LogP contribution in [0.2, 0.25) is 0 Å². The third kappa shape index (κ3) is 13.1. The van der Waals surface area contributed by atoms with Gasteiger partial charge in [-0.2, -0.15) is 0 Å². The van der Waals surface area contributed by atoms with Gasteiger partial charge in [-0.1, -0.05) is 103 Å². The second-order valence-electron chi connectivity index (χ2n) is 13.1. The SMILES string of the molecule is CCCCCCCCCC[C@H](O)[C@H]1CC[C@H]([C@H]2CC[C@H]([C@H](O)CCCCCCCCCCC3=C[C@H](C)OC3=O)O2)O1. The van der Waals surface area contributed by atoms with Crippen LogP contribution in [-0.4, -0.2) is 58.9 Å². The summed E-state index contributed by atoms with van der Waals surface area (Å²) >= 11 is 0. The molecule has 0 aromatic carbocycles. The van der Waals surface area contributed by atoms with E-state index in [1.54, 1.807) is 0 Å². The van der Waals surface area contributed by atoms with E-state index in [1.807, 2.05) is 13.0 Å². The highest BCUT2D eigenvalue weighted by Gasteiger charge is 2.40. The first-order valence-corrected chi connectivity index (χ1v) is 17.6. The first kappa shape index (κ1) is 34.5. The molecule has 3 rings (SSSR count). The van der Waals surface area contributed by atoms with Crippen molar-refractivity contribution in [1.29, 1.82) is 0 Å². The quantitative estimate of drug-likeness (QED) is 0.0941. The fraction of sp³-hybridized carbons (Fsp3) is 0.914. The van der Waals surface area contributed by atoms with E-state index in [4.69, 9.17) is 14.2 Å². The lowest BCUT2D eigenvalue weighted by molar-refractivity contribution is -0.139. The summed E-state index contributed by atoms with van der Waals surface area (Å²) in [5.41, 5.74) is 0.858. The third-order valence-corrected chi connectivity index (χ3v) is 9.48. The normalized spacial score (nSPS) is 27.8. The van der Waals surface area contributed by atoms with Crippen molar-refractivity contribution in [2.75, 3.05) is 0 Å². The summed E-state index contributed by atoms with van der Waals surface area (Å²) in [5.74, 6) is -0.127. The van der Waals surface area contributed by atoms with Crippen molar-refractivity contribution in [3.63, 3.8) is 0 Å². The van der Waals surface area contributed by atoms with E-state index in [2.05, 4.69) is 6.92 Å². The molecule has 7 atom stereocenters. The van der Waals surface area contributed by atoms with Crippen LogP contribution in [0.4, 0.5) is 0 Å². The van der Waals surface area contributed by atoms with Crippen molar-refractivity contribution >= 4 is 5.97 Å². The van der Waals surface area contributed by atoms with Crippen molar-refractivity contribution in [2.45, 2.75) is 204 Å². The van der Waals surface area contributed by atoms with Gasteiger partial charge in [-0.25, -0.2) is 4.79 Å². The van der Waals surface area contributed by atoms with Gasteiger partial charge in [-0.3, -0.25) is 0 Å². The number of esters is 1. The van der Waals surface area contributed by atoms with E-state index in [-0.39, 0.29) is 48.7 Å². The zero-order valence-electron chi connectivity index (χ0n) is 26.4. The van der Waals surface area contributed by atoms with Gasteiger partial charge in [-0.05, 0) is 64.4 Å². The number of ether oxygens (including phenoxy) is 3. The van der Waals surface area contributed by atoms with Gasteiger partial charge >= 0.3 is 5.97 Å². The number of cyclic esters (lactones) is 1. The number of carbonyl (C=O) groups is 1. The Morgan fingerprint density at radius 2 is 1.12 bits per heavy atom. The van der Waals surface area contributed by atoms with Crippen LogP contribution >= 0.6 is 0 Å². The first-order valence-electron chi connectivity index (χ1n) is 17.6. The Morgan fingerprint density at radius 1 is 0.683 bits per heavy atom. The monoisotopic (exact) mass is 578 g/mol. The van der Waals surface area contributed by atoms with E-state index >= 15 is 0 Å². The Labute approximate surface area is 251 Å². The van der Waals surface area contributed by atoms with Crippen LogP contribution in [0.15, 0.2) is 11.6 Å². The van der Waals surface area contributed by atoms with E-state index in [0.29, 0.717) is 0 Å². The average Bonchev–Trinajstić information content (AvgIpc) is 3.71. The Hall–Kier alpha value is -0.950. The molecule has 3 aliphatic heterocycles.